The highest BCUT2D eigenvalue weighted by Gasteiger charge is 2.31. The zero-order chi connectivity index (χ0) is 17.0. The molecule has 0 aromatic heterocycles. The van der Waals surface area contributed by atoms with E-state index in [1.165, 1.54) is 12.1 Å². The number of nitrogens with two attached hydrogens (primary N) is 1. The van der Waals surface area contributed by atoms with Gasteiger partial charge in [0.05, 0.1) is 0 Å². The first-order valence-corrected chi connectivity index (χ1v) is 6.54. The number of benzene rings is 1. The standard InChI is InChI=1S/C14H19F3N2O3/c1-13(2,3)22-12(20)19-8-11(18)9-4-6-10(7-5-9)21-14(15,16)17/h4-7,11H,8,18H2,1-3H3,(H,19,20). The van der Waals surface area contributed by atoms with Crippen molar-refractivity contribution in [3.63, 3.8) is 0 Å². The van der Waals surface area contributed by atoms with E-state index in [2.05, 4.69) is 10.1 Å². The Hall–Kier alpha value is -1.96. The van der Waals surface area contributed by atoms with Crippen molar-refractivity contribution in [2.45, 2.75) is 38.8 Å². The average molecular weight is 320 g/mol. The number of nitrogens with one attached hydrogen (secondary N) is 1. The van der Waals surface area contributed by atoms with Gasteiger partial charge in [0.1, 0.15) is 11.4 Å². The minimum atomic E-state index is -4.73. The van der Waals surface area contributed by atoms with Crippen LogP contribution in [0.5, 0.6) is 5.75 Å². The Bertz CT molecular complexity index is 496. The summed E-state index contributed by atoms with van der Waals surface area (Å²) < 4.78 is 44.9. The van der Waals surface area contributed by atoms with Crippen LogP contribution in [-0.2, 0) is 4.74 Å². The van der Waals surface area contributed by atoms with Crippen molar-refractivity contribution < 1.29 is 27.4 Å². The summed E-state index contributed by atoms with van der Waals surface area (Å²) in [4.78, 5) is 11.5. The summed E-state index contributed by atoms with van der Waals surface area (Å²) in [6.07, 6.45) is -5.35. The first-order valence-electron chi connectivity index (χ1n) is 6.54. The van der Waals surface area contributed by atoms with E-state index in [0.717, 1.165) is 12.1 Å². The van der Waals surface area contributed by atoms with Crippen molar-refractivity contribution in [2.75, 3.05) is 6.54 Å². The molecule has 5 nitrogen and oxygen atoms in total. The highest BCUT2D eigenvalue weighted by atomic mass is 19.4. The fourth-order valence-corrected chi connectivity index (χ4v) is 1.54. The van der Waals surface area contributed by atoms with Crippen LogP contribution in [0.2, 0.25) is 0 Å². The summed E-state index contributed by atoms with van der Waals surface area (Å²) in [5.74, 6) is -0.330. The lowest BCUT2D eigenvalue weighted by molar-refractivity contribution is -0.274. The van der Waals surface area contributed by atoms with Gasteiger partial charge in [0.2, 0.25) is 0 Å². The van der Waals surface area contributed by atoms with Crippen LogP contribution in [-0.4, -0.2) is 24.6 Å². The molecular formula is C14H19F3N2O3. The lowest BCUT2D eigenvalue weighted by Crippen LogP contribution is -2.36. The number of carbonyl (C=O) groups excluding carboxylic acids is 1. The highest BCUT2D eigenvalue weighted by molar-refractivity contribution is 5.67. The number of rotatable bonds is 4. The van der Waals surface area contributed by atoms with E-state index < -0.39 is 24.1 Å². The summed E-state index contributed by atoms with van der Waals surface area (Å²) in [5.41, 5.74) is 5.79. The van der Waals surface area contributed by atoms with Gasteiger partial charge in [-0.15, -0.1) is 13.2 Å². The third-order valence-electron chi connectivity index (χ3n) is 2.41. The maximum absolute atomic E-state index is 12.0. The fourth-order valence-electron chi connectivity index (χ4n) is 1.54. The summed E-state index contributed by atoms with van der Waals surface area (Å²) in [6.45, 7) is 5.28. The number of alkyl halides is 3. The molecule has 1 aromatic carbocycles. The molecule has 0 aliphatic carbocycles. The predicted octanol–water partition coefficient (Wildman–Crippen LogP) is 3.11. The van der Waals surface area contributed by atoms with E-state index in [1.807, 2.05) is 0 Å². The van der Waals surface area contributed by atoms with Crippen molar-refractivity contribution in [3.05, 3.63) is 29.8 Å². The van der Waals surface area contributed by atoms with Crippen LogP contribution in [0.15, 0.2) is 24.3 Å². The van der Waals surface area contributed by atoms with Gasteiger partial charge < -0.3 is 20.5 Å². The average Bonchev–Trinajstić information content (AvgIpc) is 2.33. The summed E-state index contributed by atoms with van der Waals surface area (Å²) >= 11 is 0. The van der Waals surface area contributed by atoms with E-state index >= 15 is 0 Å². The summed E-state index contributed by atoms with van der Waals surface area (Å²) in [5, 5.41) is 2.49. The van der Waals surface area contributed by atoms with E-state index in [1.54, 1.807) is 20.8 Å². The van der Waals surface area contributed by atoms with Gasteiger partial charge in [-0.3, -0.25) is 0 Å². The Morgan fingerprint density at radius 2 is 1.77 bits per heavy atom. The topological polar surface area (TPSA) is 73.6 Å². The molecule has 8 heteroatoms. The van der Waals surface area contributed by atoms with Gasteiger partial charge in [0.25, 0.3) is 0 Å². The molecule has 0 heterocycles. The molecule has 0 spiro atoms. The van der Waals surface area contributed by atoms with Crippen LogP contribution in [0, 0.1) is 0 Å². The zero-order valence-electron chi connectivity index (χ0n) is 12.5. The molecule has 1 atom stereocenters. The van der Waals surface area contributed by atoms with Crippen LogP contribution >= 0.6 is 0 Å². The molecule has 0 saturated carbocycles. The minimum Gasteiger partial charge on any atom is -0.444 e. The number of halogens is 3. The molecule has 1 unspecified atom stereocenters. The van der Waals surface area contributed by atoms with E-state index in [0.29, 0.717) is 5.56 Å². The molecule has 0 bridgehead atoms. The third-order valence-corrected chi connectivity index (χ3v) is 2.41. The van der Waals surface area contributed by atoms with Gasteiger partial charge in [-0.05, 0) is 38.5 Å². The molecule has 0 saturated heterocycles. The van der Waals surface area contributed by atoms with Crippen molar-refractivity contribution in [3.8, 4) is 5.75 Å². The van der Waals surface area contributed by atoms with Crippen molar-refractivity contribution >= 4 is 6.09 Å². The Labute approximate surface area is 126 Å². The number of carbonyl (C=O) groups is 1. The van der Waals surface area contributed by atoms with Gasteiger partial charge in [-0.25, -0.2) is 4.79 Å². The minimum absolute atomic E-state index is 0.0917. The SMILES string of the molecule is CC(C)(C)OC(=O)NCC(N)c1ccc(OC(F)(F)F)cc1. The highest BCUT2D eigenvalue weighted by Crippen LogP contribution is 2.23. The van der Waals surface area contributed by atoms with Crippen molar-refractivity contribution in [1.29, 1.82) is 0 Å². The maximum atomic E-state index is 12.0. The number of amides is 1. The number of hydrogen-bond donors (Lipinski definition) is 2. The third kappa shape index (κ3) is 7.16. The monoisotopic (exact) mass is 320 g/mol. The maximum Gasteiger partial charge on any atom is 0.573 e. The molecule has 0 aliphatic heterocycles. The van der Waals surface area contributed by atoms with Gasteiger partial charge in [0.15, 0.2) is 0 Å². The molecule has 1 amide bonds. The smallest absolute Gasteiger partial charge is 0.444 e. The molecule has 1 aromatic rings. The van der Waals surface area contributed by atoms with Crippen LogP contribution < -0.4 is 15.8 Å². The van der Waals surface area contributed by atoms with Crippen LogP contribution in [0.3, 0.4) is 0 Å². The normalized spacial score (nSPS) is 13.4. The van der Waals surface area contributed by atoms with E-state index in [9.17, 15) is 18.0 Å². The van der Waals surface area contributed by atoms with Gasteiger partial charge in [-0.2, -0.15) is 0 Å². The van der Waals surface area contributed by atoms with Crippen LogP contribution in [0.1, 0.15) is 32.4 Å². The fraction of sp³-hybridized carbons (Fsp3) is 0.500. The van der Waals surface area contributed by atoms with Gasteiger partial charge >= 0.3 is 12.5 Å². The number of hydrogen-bond acceptors (Lipinski definition) is 4. The largest absolute Gasteiger partial charge is 0.573 e. The molecule has 124 valence electrons. The van der Waals surface area contributed by atoms with Crippen molar-refractivity contribution in [1.82, 2.24) is 5.32 Å². The van der Waals surface area contributed by atoms with Gasteiger partial charge in [-0.1, -0.05) is 12.1 Å². The molecule has 0 aliphatic rings. The number of ether oxygens (including phenoxy) is 2. The molecule has 3 N–H and O–H groups in total. The predicted molar refractivity (Wildman–Crippen MR) is 74.3 cm³/mol. The first-order chi connectivity index (χ1) is 9.96. The van der Waals surface area contributed by atoms with Gasteiger partial charge in [0, 0.05) is 12.6 Å². The molecule has 1 rings (SSSR count). The Kier molecular flexibility index (Phi) is 5.65. The Morgan fingerprint density at radius 3 is 2.23 bits per heavy atom. The molecule has 0 radical (unpaired) electrons. The van der Waals surface area contributed by atoms with E-state index in [-0.39, 0.29) is 12.3 Å². The second-order valence-corrected chi connectivity index (χ2v) is 5.61. The summed E-state index contributed by atoms with van der Waals surface area (Å²) in [7, 11) is 0. The Morgan fingerprint density at radius 1 is 1.23 bits per heavy atom. The zero-order valence-corrected chi connectivity index (χ0v) is 12.5. The second kappa shape index (κ2) is 6.87. The van der Waals surface area contributed by atoms with Crippen molar-refractivity contribution in [2.24, 2.45) is 5.73 Å². The quantitative estimate of drug-likeness (QED) is 0.894. The summed E-state index contributed by atoms with van der Waals surface area (Å²) in [6, 6.07) is 4.56. The Balaban J connectivity index is 2.52. The molecule has 22 heavy (non-hydrogen) atoms. The molecular weight excluding hydrogens is 301 g/mol. The van der Waals surface area contributed by atoms with Crippen LogP contribution in [0.25, 0.3) is 0 Å². The van der Waals surface area contributed by atoms with Crippen LogP contribution in [0.4, 0.5) is 18.0 Å². The molecule has 0 fully saturated rings. The lowest BCUT2D eigenvalue weighted by atomic mass is 10.1. The first kappa shape index (κ1) is 18.1. The second-order valence-electron chi connectivity index (χ2n) is 5.61. The lowest BCUT2D eigenvalue weighted by Gasteiger charge is -2.21. The number of alkyl carbamates (subject to hydrolysis) is 1. The van der Waals surface area contributed by atoms with E-state index in [4.69, 9.17) is 10.5 Å².